The fourth-order valence-corrected chi connectivity index (χ4v) is 3.35. The first-order valence-electron chi connectivity index (χ1n) is 9.48. The summed E-state index contributed by atoms with van der Waals surface area (Å²) in [5.74, 6) is -2.16. The lowest BCUT2D eigenvalue weighted by Gasteiger charge is -2.21. The van der Waals surface area contributed by atoms with Crippen LogP contribution in [0.1, 0.15) is 36.4 Å². The van der Waals surface area contributed by atoms with Crippen LogP contribution in [0.5, 0.6) is 0 Å². The molecular formula is C22H25ClN2O4. The fourth-order valence-electron chi connectivity index (χ4n) is 3.22. The molecule has 7 heteroatoms. The van der Waals surface area contributed by atoms with Gasteiger partial charge in [0.05, 0.1) is 0 Å². The van der Waals surface area contributed by atoms with Crippen molar-refractivity contribution in [2.75, 3.05) is 19.6 Å². The first-order chi connectivity index (χ1) is 14.0. The van der Waals surface area contributed by atoms with Crippen LogP contribution in [-0.4, -0.2) is 51.7 Å². The Morgan fingerprint density at radius 1 is 1.03 bits per heavy atom. The summed E-state index contributed by atoms with van der Waals surface area (Å²) in [7, 11) is 0. The summed E-state index contributed by atoms with van der Waals surface area (Å²) in [6, 6.07) is 14.4. The lowest BCUT2D eigenvalue weighted by atomic mass is 9.92. The van der Waals surface area contributed by atoms with E-state index in [0.717, 1.165) is 23.7 Å². The highest BCUT2D eigenvalue weighted by molar-refractivity contribution is 6.30. The van der Waals surface area contributed by atoms with E-state index in [4.69, 9.17) is 21.8 Å². The highest BCUT2D eigenvalue weighted by Crippen LogP contribution is 2.28. The lowest BCUT2D eigenvalue weighted by Crippen LogP contribution is -2.22. The monoisotopic (exact) mass is 416 g/mol. The number of hydrogen-bond donors (Lipinski definition) is 2. The highest BCUT2D eigenvalue weighted by atomic mass is 35.5. The van der Waals surface area contributed by atoms with Crippen LogP contribution in [0.25, 0.3) is 0 Å². The van der Waals surface area contributed by atoms with Crippen molar-refractivity contribution in [3.8, 4) is 0 Å². The Hall–Kier alpha value is -2.70. The maximum absolute atomic E-state index is 9.55. The lowest BCUT2D eigenvalue weighted by molar-refractivity contribution is -0.134. The average Bonchev–Trinajstić information content (AvgIpc) is 3.23. The zero-order valence-electron chi connectivity index (χ0n) is 16.1. The number of hydrogen-bond acceptors (Lipinski definition) is 4. The van der Waals surface area contributed by atoms with Gasteiger partial charge in [-0.2, -0.15) is 0 Å². The molecule has 0 saturated carbocycles. The first-order valence-corrected chi connectivity index (χ1v) is 9.86. The Morgan fingerprint density at radius 2 is 1.66 bits per heavy atom. The molecule has 1 unspecified atom stereocenters. The van der Waals surface area contributed by atoms with Gasteiger partial charge in [0.25, 0.3) is 0 Å². The van der Waals surface area contributed by atoms with Gasteiger partial charge in [0.1, 0.15) is 0 Å². The molecule has 29 heavy (non-hydrogen) atoms. The molecule has 6 nitrogen and oxygen atoms in total. The van der Waals surface area contributed by atoms with Gasteiger partial charge in [0, 0.05) is 35.0 Å². The number of benzene rings is 1. The van der Waals surface area contributed by atoms with Gasteiger partial charge in [0.2, 0.25) is 0 Å². The van der Waals surface area contributed by atoms with Crippen LogP contribution in [0.2, 0.25) is 5.02 Å². The summed E-state index contributed by atoms with van der Waals surface area (Å²) < 4.78 is 0. The minimum atomic E-state index is -1.26. The molecule has 1 fully saturated rings. The second-order valence-corrected chi connectivity index (χ2v) is 7.14. The molecule has 2 N–H and O–H groups in total. The van der Waals surface area contributed by atoms with E-state index in [1.54, 1.807) is 0 Å². The van der Waals surface area contributed by atoms with Crippen LogP contribution in [-0.2, 0) is 9.59 Å². The third-order valence-corrected chi connectivity index (χ3v) is 4.87. The molecule has 154 valence electrons. The van der Waals surface area contributed by atoms with E-state index in [1.807, 2.05) is 24.4 Å². The molecule has 3 rings (SSSR count). The average molecular weight is 417 g/mol. The Kier molecular flexibility index (Phi) is 9.34. The van der Waals surface area contributed by atoms with Crippen molar-refractivity contribution in [1.29, 1.82) is 0 Å². The zero-order chi connectivity index (χ0) is 21.1. The second kappa shape index (κ2) is 12.0. The van der Waals surface area contributed by atoms with Crippen LogP contribution in [0.15, 0.2) is 60.8 Å². The number of halogens is 1. The largest absolute Gasteiger partial charge is 0.478 e. The standard InChI is InChI=1S/C18H21ClN2.C4H4O4/c19-16-8-6-15(7-9-16)17(18-5-1-2-11-20-18)10-14-21-12-3-4-13-21;5-3(6)1-2-4(7)8/h1-2,5-9,11,17H,3-4,10,12-14H2;1-2H,(H,5,6)(H,7,8)/b;2-1-. The summed E-state index contributed by atoms with van der Waals surface area (Å²) in [6.45, 7) is 3.63. The van der Waals surface area contributed by atoms with Gasteiger partial charge < -0.3 is 15.1 Å². The topological polar surface area (TPSA) is 90.7 Å². The Labute approximate surface area is 175 Å². The molecule has 0 bridgehead atoms. The van der Waals surface area contributed by atoms with Gasteiger partial charge in [-0.25, -0.2) is 9.59 Å². The van der Waals surface area contributed by atoms with Gasteiger partial charge in [-0.15, -0.1) is 0 Å². The smallest absolute Gasteiger partial charge is 0.328 e. The number of rotatable bonds is 7. The van der Waals surface area contributed by atoms with E-state index in [-0.39, 0.29) is 0 Å². The van der Waals surface area contributed by atoms with E-state index in [2.05, 4.69) is 34.1 Å². The number of carboxylic acids is 2. The third kappa shape index (κ3) is 8.46. The second-order valence-electron chi connectivity index (χ2n) is 6.71. The molecule has 1 saturated heterocycles. The van der Waals surface area contributed by atoms with Crippen LogP contribution < -0.4 is 0 Å². The number of nitrogens with zero attached hydrogens (tertiary/aromatic N) is 2. The first kappa shape index (κ1) is 22.6. The predicted molar refractivity (Wildman–Crippen MR) is 112 cm³/mol. The molecule has 1 aliphatic heterocycles. The highest BCUT2D eigenvalue weighted by Gasteiger charge is 2.18. The summed E-state index contributed by atoms with van der Waals surface area (Å²) in [5, 5.41) is 16.4. The number of aliphatic carboxylic acids is 2. The summed E-state index contributed by atoms with van der Waals surface area (Å²) in [5.41, 5.74) is 2.45. The third-order valence-electron chi connectivity index (χ3n) is 4.62. The van der Waals surface area contributed by atoms with E-state index >= 15 is 0 Å². The van der Waals surface area contributed by atoms with E-state index in [9.17, 15) is 9.59 Å². The van der Waals surface area contributed by atoms with Crippen molar-refractivity contribution in [1.82, 2.24) is 9.88 Å². The molecule has 0 radical (unpaired) electrons. The van der Waals surface area contributed by atoms with Gasteiger partial charge in [0.15, 0.2) is 0 Å². The summed E-state index contributed by atoms with van der Waals surface area (Å²) in [6.07, 6.45) is 6.79. The van der Waals surface area contributed by atoms with Crippen LogP contribution in [0.3, 0.4) is 0 Å². The maximum Gasteiger partial charge on any atom is 0.328 e. The Bertz CT molecular complexity index is 787. The molecule has 1 atom stereocenters. The van der Waals surface area contributed by atoms with E-state index in [0.29, 0.717) is 18.1 Å². The number of likely N-dealkylation sites (tertiary alicyclic amines) is 1. The fraction of sp³-hybridized carbons (Fsp3) is 0.318. The number of carboxylic acid groups (broad SMARTS) is 2. The van der Waals surface area contributed by atoms with E-state index in [1.165, 1.54) is 31.5 Å². The molecule has 2 heterocycles. The van der Waals surface area contributed by atoms with Gasteiger partial charge in [-0.1, -0.05) is 29.8 Å². The number of aromatic nitrogens is 1. The van der Waals surface area contributed by atoms with Crippen molar-refractivity contribution in [3.63, 3.8) is 0 Å². The summed E-state index contributed by atoms with van der Waals surface area (Å²) in [4.78, 5) is 26.2. The normalized spacial score (nSPS) is 14.9. The quantitative estimate of drug-likeness (QED) is 0.661. The van der Waals surface area contributed by atoms with Crippen molar-refractivity contribution >= 4 is 23.5 Å². The molecular weight excluding hydrogens is 392 g/mol. The Balaban J connectivity index is 0.000000321. The molecule has 1 aromatic carbocycles. The van der Waals surface area contributed by atoms with Crippen molar-refractivity contribution in [3.05, 3.63) is 77.1 Å². The zero-order valence-corrected chi connectivity index (χ0v) is 16.8. The minimum absolute atomic E-state index is 0.351. The molecule has 0 spiro atoms. The van der Waals surface area contributed by atoms with Crippen LogP contribution >= 0.6 is 11.6 Å². The van der Waals surface area contributed by atoms with Gasteiger partial charge >= 0.3 is 11.9 Å². The number of pyridine rings is 1. The SMILES string of the molecule is Clc1ccc(C(CCN2CCCC2)c2ccccn2)cc1.O=C(O)/C=C\C(=O)O. The van der Waals surface area contributed by atoms with E-state index < -0.39 is 11.9 Å². The molecule has 0 amide bonds. The summed E-state index contributed by atoms with van der Waals surface area (Å²) >= 11 is 6.02. The van der Waals surface area contributed by atoms with Crippen molar-refractivity contribution in [2.24, 2.45) is 0 Å². The molecule has 2 aromatic rings. The minimum Gasteiger partial charge on any atom is -0.478 e. The Morgan fingerprint density at radius 3 is 2.17 bits per heavy atom. The van der Waals surface area contributed by atoms with Gasteiger partial charge in [-0.05, 0) is 68.7 Å². The maximum atomic E-state index is 9.55. The van der Waals surface area contributed by atoms with Gasteiger partial charge in [-0.3, -0.25) is 4.98 Å². The molecule has 0 aliphatic carbocycles. The predicted octanol–water partition coefficient (Wildman–Crippen LogP) is 4.06. The number of carbonyl (C=O) groups is 2. The molecule has 1 aromatic heterocycles. The van der Waals surface area contributed by atoms with Crippen LogP contribution in [0.4, 0.5) is 0 Å². The van der Waals surface area contributed by atoms with Crippen molar-refractivity contribution < 1.29 is 19.8 Å². The molecule has 1 aliphatic rings. The van der Waals surface area contributed by atoms with Crippen molar-refractivity contribution in [2.45, 2.75) is 25.2 Å². The van der Waals surface area contributed by atoms with Crippen LogP contribution in [0, 0.1) is 0 Å².